The van der Waals surface area contributed by atoms with E-state index >= 15 is 0 Å². The van der Waals surface area contributed by atoms with Crippen LogP contribution in [0.4, 0.5) is 9.18 Å². The van der Waals surface area contributed by atoms with Crippen LogP contribution in [-0.4, -0.2) is 36.6 Å². The fourth-order valence-electron chi connectivity index (χ4n) is 2.60. The molecular weight excluding hydrogens is 336 g/mol. The van der Waals surface area contributed by atoms with Crippen LogP contribution in [0.2, 0.25) is 0 Å². The lowest BCUT2D eigenvalue weighted by Crippen LogP contribution is -2.41. The van der Waals surface area contributed by atoms with E-state index in [2.05, 4.69) is 5.32 Å². The van der Waals surface area contributed by atoms with E-state index in [0.717, 1.165) is 11.0 Å². The maximum Gasteiger partial charge on any atom is 0.495 e. The first-order chi connectivity index (χ1) is 11.8. The van der Waals surface area contributed by atoms with Gasteiger partial charge >= 0.3 is 13.2 Å². The molecule has 0 saturated carbocycles. The van der Waals surface area contributed by atoms with Gasteiger partial charge in [0.2, 0.25) is 0 Å². The molecule has 0 unspecified atom stereocenters. The second kappa shape index (κ2) is 7.20. The van der Waals surface area contributed by atoms with Crippen molar-refractivity contribution in [3.63, 3.8) is 0 Å². The number of hydrogen-bond acceptors (Lipinski definition) is 4. The zero-order chi connectivity index (χ0) is 19.8. The molecule has 1 aromatic carbocycles. The van der Waals surface area contributed by atoms with Crippen LogP contribution < -0.4 is 10.8 Å². The van der Waals surface area contributed by atoms with Crippen molar-refractivity contribution in [2.24, 2.45) is 0 Å². The summed E-state index contributed by atoms with van der Waals surface area (Å²) in [4.78, 5) is 11.8. The number of benzene rings is 1. The number of ether oxygens (including phenoxy) is 1. The van der Waals surface area contributed by atoms with Crippen molar-refractivity contribution in [3.8, 4) is 0 Å². The van der Waals surface area contributed by atoms with E-state index in [9.17, 15) is 9.18 Å². The van der Waals surface area contributed by atoms with Crippen LogP contribution in [0.25, 0.3) is 0 Å². The molecule has 2 rings (SSSR count). The number of carbonyl (C=O) groups excluding carboxylic acids is 1. The summed E-state index contributed by atoms with van der Waals surface area (Å²) in [5.41, 5.74) is 0.00283. The van der Waals surface area contributed by atoms with Gasteiger partial charge in [-0.3, -0.25) is 0 Å². The molecule has 1 fully saturated rings. The zero-order valence-electron chi connectivity index (χ0n) is 16.7. The van der Waals surface area contributed by atoms with Gasteiger partial charge in [-0.1, -0.05) is 6.07 Å². The largest absolute Gasteiger partial charge is 0.495 e. The maximum absolute atomic E-state index is 13.8. The Morgan fingerprint density at radius 2 is 1.77 bits per heavy atom. The number of nitrogens with one attached hydrogen (secondary N) is 1. The summed E-state index contributed by atoms with van der Waals surface area (Å²) < 4.78 is 31.1. The van der Waals surface area contributed by atoms with Gasteiger partial charge in [0.1, 0.15) is 11.4 Å². The molecule has 1 heterocycles. The number of hydrogen-bond donors (Lipinski definition) is 1. The molecule has 1 aliphatic rings. The molecule has 0 spiro atoms. The average molecular weight is 365 g/mol. The van der Waals surface area contributed by atoms with Crippen molar-refractivity contribution in [2.75, 3.05) is 6.54 Å². The summed E-state index contributed by atoms with van der Waals surface area (Å²) >= 11 is 0. The van der Waals surface area contributed by atoms with Gasteiger partial charge < -0.3 is 19.4 Å². The van der Waals surface area contributed by atoms with Gasteiger partial charge in [0, 0.05) is 6.54 Å². The molecule has 0 aromatic heterocycles. The first-order valence-electron chi connectivity index (χ1n) is 8.91. The summed E-state index contributed by atoms with van der Waals surface area (Å²) in [6.07, 6.45) is -0.0535. The van der Waals surface area contributed by atoms with Crippen molar-refractivity contribution < 1.29 is 23.2 Å². The van der Waals surface area contributed by atoms with Crippen LogP contribution in [0, 0.1) is 5.82 Å². The van der Waals surface area contributed by atoms with Crippen molar-refractivity contribution in [1.29, 1.82) is 0 Å². The minimum Gasteiger partial charge on any atom is -0.444 e. The molecule has 1 aromatic rings. The summed E-state index contributed by atoms with van der Waals surface area (Å²) in [5.74, 6) is -0.336. The standard InChI is InChI=1S/C19H29BFNO4/c1-17(2,3)24-16(23)22-11-10-13-12-14(21)8-9-15(13)20-25-18(4,5)19(6,7)26-20/h8-9,12H,10-11H2,1-7H3,(H,22,23). The smallest absolute Gasteiger partial charge is 0.444 e. The molecule has 144 valence electrons. The van der Waals surface area contributed by atoms with Gasteiger partial charge in [-0.2, -0.15) is 0 Å². The second-order valence-corrected chi connectivity index (χ2v) is 8.61. The third-order valence-corrected chi connectivity index (χ3v) is 4.67. The van der Waals surface area contributed by atoms with Crippen LogP contribution in [-0.2, 0) is 20.5 Å². The highest BCUT2D eigenvalue weighted by Crippen LogP contribution is 2.36. The SMILES string of the molecule is CC(C)(C)OC(=O)NCCc1cc(F)ccc1B1OC(C)(C)C(C)(C)O1. The van der Waals surface area contributed by atoms with Crippen LogP contribution in [0.1, 0.15) is 54.0 Å². The average Bonchev–Trinajstić information content (AvgIpc) is 2.65. The first kappa shape index (κ1) is 20.7. The van der Waals surface area contributed by atoms with Crippen molar-refractivity contribution in [3.05, 3.63) is 29.6 Å². The van der Waals surface area contributed by atoms with E-state index in [-0.39, 0.29) is 5.82 Å². The number of halogens is 1. The van der Waals surface area contributed by atoms with Gasteiger partial charge in [-0.15, -0.1) is 0 Å². The number of amides is 1. The van der Waals surface area contributed by atoms with E-state index in [1.54, 1.807) is 26.8 Å². The van der Waals surface area contributed by atoms with Crippen LogP contribution in [0.15, 0.2) is 18.2 Å². The van der Waals surface area contributed by atoms with E-state index in [1.807, 2.05) is 27.7 Å². The highest BCUT2D eigenvalue weighted by atomic mass is 19.1. The number of rotatable bonds is 4. The number of alkyl carbamates (subject to hydrolysis) is 1. The summed E-state index contributed by atoms with van der Waals surface area (Å²) in [6, 6.07) is 4.53. The molecule has 0 bridgehead atoms. The predicted molar refractivity (Wildman–Crippen MR) is 100 cm³/mol. The van der Waals surface area contributed by atoms with E-state index < -0.39 is 30.0 Å². The van der Waals surface area contributed by atoms with Crippen LogP contribution in [0.3, 0.4) is 0 Å². The van der Waals surface area contributed by atoms with E-state index in [4.69, 9.17) is 14.0 Å². The third kappa shape index (κ3) is 4.98. The minimum absolute atomic E-state index is 0.324. The highest BCUT2D eigenvalue weighted by molar-refractivity contribution is 6.62. The van der Waals surface area contributed by atoms with Crippen molar-refractivity contribution in [2.45, 2.75) is 71.7 Å². The molecule has 1 aliphatic heterocycles. The van der Waals surface area contributed by atoms with Gasteiger partial charge in [-0.25, -0.2) is 9.18 Å². The Kier molecular flexibility index (Phi) is 5.73. The van der Waals surface area contributed by atoms with Gasteiger partial charge in [0.15, 0.2) is 0 Å². The molecule has 1 amide bonds. The van der Waals surface area contributed by atoms with Crippen LogP contribution >= 0.6 is 0 Å². The summed E-state index contributed by atoms with van der Waals surface area (Å²) in [7, 11) is -0.572. The summed E-state index contributed by atoms with van der Waals surface area (Å²) in [5, 5.41) is 2.69. The molecule has 1 N–H and O–H groups in total. The predicted octanol–water partition coefficient (Wildman–Crippen LogP) is 3.19. The monoisotopic (exact) mass is 365 g/mol. The molecule has 1 saturated heterocycles. The molecule has 7 heteroatoms. The van der Waals surface area contributed by atoms with E-state index in [1.165, 1.54) is 12.1 Å². The normalized spacial score (nSPS) is 18.7. The highest BCUT2D eigenvalue weighted by Gasteiger charge is 2.52. The lowest BCUT2D eigenvalue weighted by molar-refractivity contribution is 0.00578. The Labute approximate surface area is 155 Å². The van der Waals surface area contributed by atoms with Gasteiger partial charge in [-0.05, 0) is 78.0 Å². The fourth-order valence-corrected chi connectivity index (χ4v) is 2.60. The second-order valence-electron chi connectivity index (χ2n) is 8.61. The fraction of sp³-hybridized carbons (Fsp3) is 0.632. The molecule has 0 atom stereocenters. The van der Waals surface area contributed by atoms with Gasteiger partial charge in [0.05, 0.1) is 11.2 Å². The Balaban J connectivity index is 2.08. The minimum atomic E-state index is -0.572. The quantitative estimate of drug-likeness (QED) is 0.833. The zero-order valence-corrected chi connectivity index (χ0v) is 16.7. The lowest BCUT2D eigenvalue weighted by Gasteiger charge is -2.32. The maximum atomic E-state index is 13.8. The molecular formula is C19H29BFNO4. The van der Waals surface area contributed by atoms with E-state index in [0.29, 0.717) is 13.0 Å². The van der Waals surface area contributed by atoms with Crippen molar-refractivity contribution >= 4 is 18.7 Å². The Morgan fingerprint density at radius 1 is 1.19 bits per heavy atom. The Morgan fingerprint density at radius 3 is 2.31 bits per heavy atom. The molecule has 0 radical (unpaired) electrons. The topological polar surface area (TPSA) is 56.8 Å². The van der Waals surface area contributed by atoms with Gasteiger partial charge in [0.25, 0.3) is 0 Å². The number of carbonyl (C=O) groups is 1. The first-order valence-corrected chi connectivity index (χ1v) is 8.91. The summed E-state index contributed by atoms with van der Waals surface area (Å²) in [6.45, 7) is 13.6. The third-order valence-electron chi connectivity index (χ3n) is 4.67. The Hall–Kier alpha value is -1.60. The molecule has 0 aliphatic carbocycles. The molecule has 5 nitrogen and oxygen atoms in total. The molecule has 26 heavy (non-hydrogen) atoms. The Bertz CT molecular complexity index is 654. The lowest BCUT2D eigenvalue weighted by atomic mass is 9.75. The van der Waals surface area contributed by atoms with Crippen LogP contribution in [0.5, 0.6) is 0 Å². The van der Waals surface area contributed by atoms with Crippen molar-refractivity contribution in [1.82, 2.24) is 5.32 Å².